The second-order valence-corrected chi connectivity index (χ2v) is 4.36. The zero-order chi connectivity index (χ0) is 14.7. The topological polar surface area (TPSA) is 48.7 Å². The maximum atomic E-state index is 13.2. The molecule has 0 aliphatic carbocycles. The van der Waals surface area contributed by atoms with Gasteiger partial charge in [0.05, 0.1) is 7.11 Å². The fourth-order valence-electron chi connectivity index (χ4n) is 1.73. The molecule has 0 aliphatic rings. The van der Waals surface area contributed by atoms with Gasteiger partial charge < -0.3 is 13.9 Å². The highest BCUT2D eigenvalue weighted by Gasteiger charge is 2.16. The number of carbonyl (C=O) groups is 1. The van der Waals surface area contributed by atoms with Gasteiger partial charge in [0, 0.05) is 0 Å². The zero-order valence-corrected chi connectivity index (χ0v) is 11.5. The summed E-state index contributed by atoms with van der Waals surface area (Å²) in [6.07, 6.45) is -0.404. The number of methoxy groups -OCH3 is 1. The summed E-state index contributed by atoms with van der Waals surface area (Å²) in [5.74, 6) is 0.324. The fourth-order valence-corrected chi connectivity index (χ4v) is 1.73. The Morgan fingerprint density at radius 2 is 2.05 bits per heavy atom. The molecule has 0 saturated carbocycles. The van der Waals surface area contributed by atoms with Crippen molar-refractivity contribution in [3.05, 3.63) is 53.2 Å². The molecule has 0 amide bonds. The number of benzene rings is 1. The van der Waals surface area contributed by atoms with E-state index in [1.807, 2.05) is 0 Å². The van der Waals surface area contributed by atoms with Crippen molar-refractivity contribution in [2.45, 2.75) is 20.0 Å². The first-order valence-corrected chi connectivity index (χ1v) is 6.12. The van der Waals surface area contributed by atoms with E-state index in [2.05, 4.69) is 4.74 Å². The van der Waals surface area contributed by atoms with Crippen LogP contribution in [0.15, 0.2) is 34.7 Å². The first-order chi connectivity index (χ1) is 9.51. The predicted octanol–water partition coefficient (Wildman–Crippen LogP) is 3.65. The van der Waals surface area contributed by atoms with Gasteiger partial charge in [-0.3, -0.25) is 0 Å². The smallest absolute Gasteiger partial charge is 0.373 e. The maximum absolute atomic E-state index is 13.2. The number of hydrogen-bond donors (Lipinski definition) is 0. The molecule has 4 nitrogen and oxygen atoms in total. The molecule has 0 saturated heterocycles. The quantitative estimate of drug-likeness (QED) is 0.801. The molecular weight excluding hydrogens is 263 g/mol. The monoisotopic (exact) mass is 278 g/mol. The van der Waals surface area contributed by atoms with Gasteiger partial charge in [0.15, 0.2) is 6.10 Å². The van der Waals surface area contributed by atoms with Crippen molar-refractivity contribution < 1.29 is 23.1 Å². The van der Waals surface area contributed by atoms with Crippen LogP contribution in [0.5, 0.6) is 5.75 Å². The van der Waals surface area contributed by atoms with E-state index in [1.54, 1.807) is 32.0 Å². The summed E-state index contributed by atoms with van der Waals surface area (Å²) in [4.78, 5) is 11.3. The Hall–Kier alpha value is -2.30. The summed E-state index contributed by atoms with van der Waals surface area (Å²) in [6.45, 7) is 3.44. The van der Waals surface area contributed by atoms with E-state index in [0.29, 0.717) is 17.1 Å². The molecule has 0 fully saturated rings. The minimum atomic E-state index is -0.541. The highest BCUT2D eigenvalue weighted by Crippen LogP contribution is 2.25. The van der Waals surface area contributed by atoms with Gasteiger partial charge in [0.25, 0.3) is 0 Å². The second-order valence-electron chi connectivity index (χ2n) is 4.36. The summed E-state index contributed by atoms with van der Waals surface area (Å²) in [5, 5.41) is 0. The molecule has 106 valence electrons. The summed E-state index contributed by atoms with van der Waals surface area (Å²) in [5.41, 5.74) is 0.504. The molecule has 0 radical (unpaired) electrons. The van der Waals surface area contributed by atoms with Crippen molar-refractivity contribution in [3.63, 3.8) is 0 Å². The predicted molar refractivity (Wildman–Crippen MR) is 70.2 cm³/mol. The molecule has 1 aromatic carbocycles. The lowest BCUT2D eigenvalue weighted by Gasteiger charge is -2.13. The van der Waals surface area contributed by atoms with Gasteiger partial charge in [-0.05, 0) is 49.7 Å². The summed E-state index contributed by atoms with van der Waals surface area (Å²) < 4.78 is 28.7. The number of ether oxygens (including phenoxy) is 2. The van der Waals surface area contributed by atoms with Crippen molar-refractivity contribution in [2.75, 3.05) is 7.11 Å². The maximum Gasteiger partial charge on any atom is 0.373 e. The minimum absolute atomic E-state index is 0.119. The van der Waals surface area contributed by atoms with Crippen LogP contribution >= 0.6 is 0 Å². The lowest BCUT2D eigenvalue weighted by molar-refractivity contribution is 0.0558. The van der Waals surface area contributed by atoms with Crippen LogP contribution in [0.4, 0.5) is 4.39 Å². The van der Waals surface area contributed by atoms with E-state index in [0.717, 1.165) is 0 Å². The third-order valence-corrected chi connectivity index (χ3v) is 2.86. The van der Waals surface area contributed by atoms with Gasteiger partial charge in [0.2, 0.25) is 5.76 Å². The Bertz CT molecular complexity index is 618. The summed E-state index contributed by atoms with van der Waals surface area (Å²) >= 11 is 0. The van der Waals surface area contributed by atoms with Crippen molar-refractivity contribution in [2.24, 2.45) is 0 Å². The van der Waals surface area contributed by atoms with Gasteiger partial charge in [-0.1, -0.05) is 0 Å². The summed E-state index contributed by atoms with van der Waals surface area (Å²) in [7, 11) is 1.28. The average Bonchev–Trinajstić information content (AvgIpc) is 2.92. The average molecular weight is 278 g/mol. The van der Waals surface area contributed by atoms with Crippen molar-refractivity contribution in [1.29, 1.82) is 0 Å². The van der Waals surface area contributed by atoms with Gasteiger partial charge in [-0.2, -0.15) is 0 Å². The van der Waals surface area contributed by atoms with Gasteiger partial charge >= 0.3 is 5.97 Å². The summed E-state index contributed by atoms with van der Waals surface area (Å²) in [6, 6.07) is 7.67. The lowest BCUT2D eigenvalue weighted by Crippen LogP contribution is -2.03. The van der Waals surface area contributed by atoms with E-state index in [1.165, 1.54) is 19.2 Å². The molecule has 2 rings (SSSR count). The van der Waals surface area contributed by atoms with Gasteiger partial charge in [0.1, 0.15) is 17.3 Å². The van der Waals surface area contributed by atoms with Crippen LogP contribution < -0.4 is 4.74 Å². The van der Waals surface area contributed by atoms with E-state index in [9.17, 15) is 9.18 Å². The molecule has 1 atom stereocenters. The standard InChI is InChI=1S/C15H15FO4/c1-9-8-11(4-5-12(9)16)19-10(2)13-6-7-14(20-13)15(17)18-3/h4-8,10H,1-3H3. The van der Waals surface area contributed by atoms with Gasteiger partial charge in [-0.25, -0.2) is 9.18 Å². The normalized spacial score (nSPS) is 12.0. The molecule has 1 unspecified atom stereocenters. The third-order valence-electron chi connectivity index (χ3n) is 2.86. The van der Waals surface area contributed by atoms with Crippen LogP contribution in [0.3, 0.4) is 0 Å². The van der Waals surface area contributed by atoms with Crippen molar-refractivity contribution in [1.82, 2.24) is 0 Å². The molecule has 0 bridgehead atoms. The molecule has 0 aliphatic heterocycles. The number of hydrogen-bond acceptors (Lipinski definition) is 4. The Morgan fingerprint density at radius 1 is 1.30 bits per heavy atom. The number of esters is 1. The Kier molecular flexibility index (Phi) is 4.08. The second kappa shape index (κ2) is 5.77. The van der Waals surface area contributed by atoms with Crippen LogP contribution in [-0.2, 0) is 4.74 Å². The van der Waals surface area contributed by atoms with Crippen molar-refractivity contribution >= 4 is 5.97 Å². The molecular formula is C15H15FO4. The number of aryl methyl sites for hydroxylation is 1. The Balaban J connectivity index is 2.11. The first-order valence-electron chi connectivity index (χ1n) is 6.12. The van der Waals surface area contributed by atoms with E-state index >= 15 is 0 Å². The van der Waals surface area contributed by atoms with E-state index < -0.39 is 12.1 Å². The molecule has 20 heavy (non-hydrogen) atoms. The van der Waals surface area contributed by atoms with Crippen LogP contribution in [0.1, 0.15) is 34.9 Å². The fraction of sp³-hybridized carbons (Fsp3) is 0.267. The Morgan fingerprint density at radius 3 is 2.70 bits per heavy atom. The highest BCUT2D eigenvalue weighted by atomic mass is 19.1. The van der Waals surface area contributed by atoms with E-state index in [-0.39, 0.29) is 11.6 Å². The molecule has 0 N–H and O–H groups in total. The van der Waals surface area contributed by atoms with Crippen LogP contribution in [0.25, 0.3) is 0 Å². The molecule has 0 spiro atoms. The molecule has 1 heterocycles. The molecule has 2 aromatic rings. The van der Waals surface area contributed by atoms with Crippen LogP contribution in [0.2, 0.25) is 0 Å². The Labute approximate surface area is 116 Å². The highest BCUT2D eigenvalue weighted by molar-refractivity contribution is 5.86. The number of carbonyl (C=O) groups excluding carboxylic acids is 1. The lowest BCUT2D eigenvalue weighted by atomic mass is 10.2. The van der Waals surface area contributed by atoms with Crippen molar-refractivity contribution in [3.8, 4) is 5.75 Å². The molecule has 5 heteroatoms. The third kappa shape index (κ3) is 2.99. The van der Waals surface area contributed by atoms with E-state index in [4.69, 9.17) is 9.15 Å². The largest absolute Gasteiger partial charge is 0.483 e. The number of rotatable bonds is 4. The number of furan rings is 1. The number of halogens is 1. The van der Waals surface area contributed by atoms with Crippen LogP contribution in [-0.4, -0.2) is 13.1 Å². The SMILES string of the molecule is COC(=O)c1ccc(C(C)Oc2ccc(F)c(C)c2)o1. The van der Waals surface area contributed by atoms with Crippen LogP contribution in [0, 0.1) is 12.7 Å². The molecule has 1 aromatic heterocycles. The van der Waals surface area contributed by atoms with Gasteiger partial charge in [-0.15, -0.1) is 0 Å². The zero-order valence-electron chi connectivity index (χ0n) is 11.5. The minimum Gasteiger partial charge on any atom is -0.483 e. The first kappa shape index (κ1) is 14.1.